The van der Waals surface area contributed by atoms with Gasteiger partial charge in [0.05, 0.1) is 28.5 Å². The molecule has 0 radical (unpaired) electrons. The first kappa shape index (κ1) is 12.1. The van der Waals surface area contributed by atoms with Gasteiger partial charge in [0, 0.05) is 17.8 Å². The first-order valence-electron chi connectivity index (χ1n) is 6.24. The zero-order chi connectivity index (χ0) is 14.4. The van der Waals surface area contributed by atoms with Crippen LogP contribution in [0.4, 0.5) is 0 Å². The summed E-state index contributed by atoms with van der Waals surface area (Å²) < 4.78 is 7.19. The Hall–Kier alpha value is -2.66. The maximum Gasteiger partial charge on any atom is 0.232 e. The molecule has 0 bridgehead atoms. The molecular weight excluding hydrogens is 290 g/mol. The Morgan fingerprint density at radius 3 is 3.05 bits per heavy atom. The number of nitrogens with zero attached hydrogens (tertiary/aromatic N) is 3. The Bertz CT molecular complexity index is 987. The van der Waals surface area contributed by atoms with Gasteiger partial charge in [-0.2, -0.15) is 5.10 Å². The third-order valence-electron chi connectivity index (χ3n) is 3.29. The molecule has 0 fully saturated rings. The third-order valence-corrected chi connectivity index (χ3v) is 3.59. The molecule has 4 rings (SSSR count). The van der Waals surface area contributed by atoms with E-state index >= 15 is 0 Å². The van der Waals surface area contributed by atoms with Crippen LogP contribution in [0.1, 0.15) is 16.1 Å². The fourth-order valence-electron chi connectivity index (χ4n) is 2.28. The molecule has 0 spiro atoms. The lowest BCUT2D eigenvalue weighted by molar-refractivity contribution is 0.101. The Kier molecular flexibility index (Phi) is 2.55. The first-order chi connectivity index (χ1) is 10.2. The van der Waals surface area contributed by atoms with E-state index in [9.17, 15) is 4.79 Å². The predicted octanol–water partition coefficient (Wildman–Crippen LogP) is 3.36. The molecule has 0 unspecified atom stereocenters. The highest BCUT2D eigenvalue weighted by Crippen LogP contribution is 2.28. The van der Waals surface area contributed by atoms with Gasteiger partial charge in [0.25, 0.3) is 0 Å². The predicted molar refractivity (Wildman–Crippen MR) is 77.6 cm³/mol. The van der Waals surface area contributed by atoms with Gasteiger partial charge in [-0.3, -0.25) is 9.78 Å². The molecule has 5 nitrogen and oxygen atoms in total. The molecule has 0 atom stereocenters. The van der Waals surface area contributed by atoms with Crippen molar-refractivity contribution in [2.45, 2.75) is 0 Å². The molecule has 21 heavy (non-hydrogen) atoms. The molecule has 0 N–H and O–H groups in total. The molecule has 4 aromatic rings. The van der Waals surface area contributed by atoms with Crippen molar-refractivity contribution in [3.8, 4) is 0 Å². The van der Waals surface area contributed by atoms with Crippen LogP contribution in [-0.4, -0.2) is 20.4 Å². The molecule has 1 aromatic carbocycles. The SMILES string of the molecule is O=C(c1cc2cccc(Cl)c2o1)c1cnn2ccncc12. The van der Waals surface area contributed by atoms with Crippen LogP contribution in [0, 0.1) is 0 Å². The highest BCUT2D eigenvalue weighted by atomic mass is 35.5. The van der Waals surface area contributed by atoms with Gasteiger partial charge in [-0.25, -0.2) is 4.52 Å². The number of hydrogen-bond donors (Lipinski definition) is 0. The van der Waals surface area contributed by atoms with Gasteiger partial charge < -0.3 is 4.42 Å². The molecule has 0 saturated heterocycles. The number of halogens is 1. The van der Waals surface area contributed by atoms with Crippen molar-refractivity contribution in [1.29, 1.82) is 0 Å². The van der Waals surface area contributed by atoms with Gasteiger partial charge in [-0.1, -0.05) is 23.7 Å². The van der Waals surface area contributed by atoms with E-state index in [1.807, 2.05) is 12.1 Å². The van der Waals surface area contributed by atoms with Crippen molar-refractivity contribution >= 4 is 33.9 Å². The Balaban J connectivity index is 1.88. The summed E-state index contributed by atoms with van der Waals surface area (Å²) in [5.41, 5.74) is 1.59. The summed E-state index contributed by atoms with van der Waals surface area (Å²) in [4.78, 5) is 16.6. The van der Waals surface area contributed by atoms with E-state index in [0.29, 0.717) is 21.7 Å². The summed E-state index contributed by atoms with van der Waals surface area (Å²) in [5, 5.41) is 5.40. The van der Waals surface area contributed by atoms with E-state index in [-0.39, 0.29) is 11.5 Å². The zero-order valence-corrected chi connectivity index (χ0v) is 11.4. The van der Waals surface area contributed by atoms with Gasteiger partial charge >= 0.3 is 0 Å². The largest absolute Gasteiger partial charge is 0.451 e. The van der Waals surface area contributed by atoms with Crippen LogP contribution in [0.5, 0.6) is 0 Å². The molecule has 0 saturated carbocycles. The molecule has 3 heterocycles. The molecule has 3 aromatic heterocycles. The van der Waals surface area contributed by atoms with Crippen molar-refractivity contribution in [3.05, 3.63) is 65.4 Å². The lowest BCUT2D eigenvalue weighted by Crippen LogP contribution is -1.99. The monoisotopic (exact) mass is 297 g/mol. The molecule has 0 aliphatic heterocycles. The highest BCUT2D eigenvalue weighted by molar-refractivity contribution is 6.35. The highest BCUT2D eigenvalue weighted by Gasteiger charge is 2.19. The van der Waals surface area contributed by atoms with Gasteiger partial charge in [0.2, 0.25) is 5.78 Å². The summed E-state index contributed by atoms with van der Waals surface area (Å²) in [5.74, 6) is -0.0119. The number of carbonyl (C=O) groups is 1. The number of carbonyl (C=O) groups excluding carboxylic acids is 1. The van der Waals surface area contributed by atoms with Crippen molar-refractivity contribution in [2.24, 2.45) is 0 Å². The number of para-hydroxylation sites is 1. The van der Waals surface area contributed by atoms with Crippen LogP contribution in [0.25, 0.3) is 16.5 Å². The number of hydrogen-bond acceptors (Lipinski definition) is 4. The number of ketones is 1. The average Bonchev–Trinajstić information content (AvgIpc) is 3.11. The van der Waals surface area contributed by atoms with Crippen molar-refractivity contribution in [3.63, 3.8) is 0 Å². The first-order valence-corrected chi connectivity index (χ1v) is 6.62. The van der Waals surface area contributed by atoms with E-state index in [2.05, 4.69) is 10.1 Å². The summed E-state index contributed by atoms with van der Waals surface area (Å²) >= 11 is 6.06. The molecule has 102 valence electrons. The van der Waals surface area contributed by atoms with E-state index in [0.717, 1.165) is 5.39 Å². The lowest BCUT2D eigenvalue weighted by atomic mass is 10.1. The van der Waals surface area contributed by atoms with Gasteiger partial charge in [-0.05, 0) is 12.1 Å². The van der Waals surface area contributed by atoms with Crippen LogP contribution in [0.15, 0.2) is 53.5 Å². The number of aromatic nitrogens is 3. The number of benzene rings is 1. The Morgan fingerprint density at radius 1 is 1.29 bits per heavy atom. The minimum absolute atomic E-state index is 0.233. The third kappa shape index (κ3) is 1.82. The summed E-state index contributed by atoms with van der Waals surface area (Å²) in [6, 6.07) is 7.07. The van der Waals surface area contributed by atoms with Crippen LogP contribution in [-0.2, 0) is 0 Å². The second kappa shape index (κ2) is 4.43. The maximum absolute atomic E-state index is 12.6. The van der Waals surface area contributed by atoms with E-state index in [1.54, 1.807) is 35.2 Å². The molecule has 0 amide bonds. The van der Waals surface area contributed by atoms with Crippen molar-refractivity contribution in [2.75, 3.05) is 0 Å². The van der Waals surface area contributed by atoms with Crippen molar-refractivity contribution < 1.29 is 9.21 Å². The van der Waals surface area contributed by atoms with Crippen LogP contribution < -0.4 is 0 Å². The Labute approximate surface area is 123 Å². The van der Waals surface area contributed by atoms with Gasteiger partial charge in [0.15, 0.2) is 11.3 Å². The summed E-state index contributed by atoms with van der Waals surface area (Å²) in [6.07, 6.45) is 6.39. The number of fused-ring (bicyclic) bond motifs is 2. The standard InChI is InChI=1S/C15H8ClN3O2/c16-11-3-1-2-9-6-13(21-15(9)11)14(20)10-7-18-19-5-4-17-8-12(10)19/h1-8H. The second-order valence-electron chi connectivity index (χ2n) is 4.56. The topological polar surface area (TPSA) is 60.4 Å². The average molecular weight is 298 g/mol. The Morgan fingerprint density at radius 2 is 2.19 bits per heavy atom. The summed E-state index contributed by atoms with van der Waals surface area (Å²) in [7, 11) is 0. The molecule has 0 aliphatic rings. The van der Waals surface area contributed by atoms with Crippen LogP contribution in [0.3, 0.4) is 0 Å². The minimum Gasteiger partial charge on any atom is -0.451 e. The van der Waals surface area contributed by atoms with Crippen LogP contribution in [0.2, 0.25) is 5.02 Å². The van der Waals surface area contributed by atoms with E-state index < -0.39 is 0 Å². The summed E-state index contributed by atoms with van der Waals surface area (Å²) in [6.45, 7) is 0. The van der Waals surface area contributed by atoms with Crippen molar-refractivity contribution in [1.82, 2.24) is 14.6 Å². The molecule has 0 aliphatic carbocycles. The van der Waals surface area contributed by atoms with E-state index in [4.69, 9.17) is 16.0 Å². The molecular formula is C15H8ClN3O2. The minimum atomic E-state index is -0.245. The van der Waals surface area contributed by atoms with Crippen LogP contribution >= 0.6 is 11.6 Å². The normalized spacial score (nSPS) is 11.3. The number of furan rings is 1. The fourth-order valence-corrected chi connectivity index (χ4v) is 2.50. The van der Waals surface area contributed by atoms with E-state index in [1.165, 1.54) is 6.20 Å². The molecule has 6 heteroatoms. The fraction of sp³-hybridized carbons (Fsp3) is 0. The zero-order valence-electron chi connectivity index (χ0n) is 10.7. The number of rotatable bonds is 2. The van der Waals surface area contributed by atoms with Gasteiger partial charge in [0.1, 0.15) is 0 Å². The lowest BCUT2D eigenvalue weighted by Gasteiger charge is -1.95. The van der Waals surface area contributed by atoms with Gasteiger partial charge in [-0.15, -0.1) is 0 Å². The quantitative estimate of drug-likeness (QED) is 0.532. The maximum atomic E-state index is 12.6. The second-order valence-corrected chi connectivity index (χ2v) is 4.97. The smallest absolute Gasteiger partial charge is 0.232 e.